The first-order valence-electron chi connectivity index (χ1n) is 4.75. The maximum absolute atomic E-state index is 12.0. The molecule has 1 heterocycles. The van der Waals surface area contributed by atoms with Gasteiger partial charge in [-0.05, 0) is 18.2 Å². The number of benzene rings is 1. The van der Waals surface area contributed by atoms with Gasteiger partial charge < -0.3 is 5.73 Å². The van der Waals surface area contributed by atoms with Crippen LogP contribution in [0.15, 0.2) is 34.7 Å². The molecule has 0 bridgehead atoms. The first kappa shape index (κ1) is 12.3. The number of nitrogens with two attached hydrogens (primary N) is 1. The molecular formula is C10H8N4O2S2. The fourth-order valence-corrected chi connectivity index (χ4v) is 3.21. The average Bonchev–Trinajstić information content (AvgIpc) is 2.80. The van der Waals surface area contributed by atoms with E-state index in [0.717, 1.165) is 11.3 Å². The lowest BCUT2D eigenvalue weighted by Crippen LogP contribution is -2.14. The molecule has 18 heavy (non-hydrogen) atoms. The molecule has 0 aliphatic carbocycles. The molecule has 0 aliphatic heterocycles. The van der Waals surface area contributed by atoms with E-state index in [4.69, 9.17) is 11.0 Å². The minimum Gasteiger partial charge on any atom is -0.398 e. The first-order chi connectivity index (χ1) is 8.53. The van der Waals surface area contributed by atoms with Gasteiger partial charge in [0.1, 0.15) is 4.90 Å². The third-order valence-corrected chi connectivity index (χ3v) is 4.31. The number of nitrogens with one attached hydrogen (secondary N) is 1. The van der Waals surface area contributed by atoms with Crippen LogP contribution in [0.5, 0.6) is 0 Å². The summed E-state index contributed by atoms with van der Waals surface area (Å²) in [5, 5.41) is 10.6. The normalized spacial score (nSPS) is 10.8. The Bertz CT molecular complexity index is 702. The van der Waals surface area contributed by atoms with E-state index in [1.165, 1.54) is 24.4 Å². The van der Waals surface area contributed by atoms with Crippen LogP contribution in [0.3, 0.4) is 0 Å². The number of hydrogen-bond acceptors (Lipinski definition) is 6. The molecule has 0 amide bonds. The summed E-state index contributed by atoms with van der Waals surface area (Å²) in [6, 6.07) is 5.89. The lowest BCUT2D eigenvalue weighted by Gasteiger charge is -2.07. The molecule has 1 aromatic carbocycles. The Morgan fingerprint density at radius 3 is 2.78 bits per heavy atom. The monoisotopic (exact) mass is 280 g/mol. The lowest BCUT2D eigenvalue weighted by molar-refractivity contribution is 0.601. The second kappa shape index (κ2) is 4.64. The Morgan fingerprint density at radius 2 is 2.22 bits per heavy atom. The SMILES string of the molecule is N#Cc1ccc(S(=O)(=O)Nc2nccs2)c(N)c1. The van der Waals surface area contributed by atoms with Crippen LogP contribution in [0.25, 0.3) is 0 Å². The van der Waals surface area contributed by atoms with Crippen LogP contribution in [0.1, 0.15) is 5.56 Å². The van der Waals surface area contributed by atoms with E-state index < -0.39 is 10.0 Å². The van der Waals surface area contributed by atoms with Gasteiger partial charge in [-0.1, -0.05) is 0 Å². The standard InChI is InChI=1S/C10H8N4O2S2/c11-6-7-1-2-9(8(12)5-7)18(15,16)14-10-13-3-4-17-10/h1-5H,12H2,(H,13,14). The fraction of sp³-hybridized carbons (Fsp3) is 0. The number of nitrogen functional groups attached to an aromatic ring is 1. The fourth-order valence-electron chi connectivity index (χ4n) is 1.31. The molecule has 0 unspecified atom stereocenters. The van der Waals surface area contributed by atoms with Crippen molar-refractivity contribution in [3.05, 3.63) is 35.3 Å². The van der Waals surface area contributed by atoms with Gasteiger partial charge in [0.15, 0.2) is 5.13 Å². The van der Waals surface area contributed by atoms with Gasteiger partial charge in [-0.15, -0.1) is 11.3 Å². The molecule has 3 N–H and O–H groups in total. The highest BCUT2D eigenvalue weighted by Gasteiger charge is 2.18. The summed E-state index contributed by atoms with van der Waals surface area (Å²) in [5.41, 5.74) is 5.96. The summed E-state index contributed by atoms with van der Waals surface area (Å²) >= 11 is 1.16. The molecule has 2 aromatic rings. The van der Waals surface area contributed by atoms with E-state index >= 15 is 0 Å². The predicted octanol–water partition coefficient (Wildman–Crippen LogP) is 1.40. The highest BCUT2D eigenvalue weighted by atomic mass is 32.2. The Morgan fingerprint density at radius 1 is 1.44 bits per heavy atom. The number of thiazole rings is 1. The van der Waals surface area contributed by atoms with Gasteiger partial charge in [-0.3, -0.25) is 4.72 Å². The van der Waals surface area contributed by atoms with E-state index in [2.05, 4.69) is 9.71 Å². The zero-order valence-electron chi connectivity index (χ0n) is 8.99. The zero-order valence-corrected chi connectivity index (χ0v) is 10.6. The Kier molecular flexibility index (Phi) is 3.18. The minimum absolute atomic E-state index is 0.0260. The van der Waals surface area contributed by atoms with Gasteiger partial charge in [-0.2, -0.15) is 5.26 Å². The molecule has 0 aliphatic rings. The van der Waals surface area contributed by atoms with Gasteiger partial charge in [0.25, 0.3) is 10.0 Å². The minimum atomic E-state index is -3.78. The number of aromatic nitrogens is 1. The number of nitriles is 1. The van der Waals surface area contributed by atoms with Crippen LogP contribution in [-0.2, 0) is 10.0 Å². The number of sulfonamides is 1. The van der Waals surface area contributed by atoms with Gasteiger partial charge in [0.05, 0.1) is 17.3 Å². The van der Waals surface area contributed by atoms with Crippen LogP contribution in [-0.4, -0.2) is 13.4 Å². The van der Waals surface area contributed by atoms with Gasteiger partial charge in [0.2, 0.25) is 0 Å². The number of nitrogens with zero attached hydrogens (tertiary/aromatic N) is 2. The summed E-state index contributed by atoms with van der Waals surface area (Å²) in [5.74, 6) is 0. The smallest absolute Gasteiger partial charge is 0.265 e. The van der Waals surface area contributed by atoms with Gasteiger partial charge >= 0.3 is 0 Å². The summed E-state index contributed by atoms with van der Waals surface area (Å²) in [7, 11) is -3.78. The molecule has 1 aromatic heterocycles. The molecule has 0 saturated heterocycles. The second-order valence-electron chi connectivity index (χ2n) is 3.31. The van der Waals surface area contributed by atoms with Crippen LogP contribution in [0.4, 0.5) is 10.8 Å². The molecule has 2 rings (SSSR count). The quantitative estimate of drug-likeness (QED) is 0.826. The molecule has 92 valence electrons. The van der Waals surface area contributed by atoms with Crippen molar-refractivity contribution < 1.29 is 8.42 Å². The van der Waals surface area contributed by atoms with Crippen LogP contribution >= 0.6 is 11.3 Å². The summed E-state index contributed by atoms with van der Waals surface area (Å²) in [6.45, 7) is 0. The Hall–Kier alpha value is -2.11. The third-order valence-electron chi connectivity index (χ3n) is 2.08. The van der Waals surface area contributed by atoms with E-state index in [-0.39, 0.29) is 15.7 Å². The van der Waals surface area contributed by atoms with Gasteiger partial charge in [-0.25, -0.2) is 13.4 Å². The zero-order chi connectivity index (χ0) is 13.2. The van der Waals surface area contributed by atoms with Crippen molar-refractivity contribution >= 4 is 32.2 Å². The molecule has 8 heteroatoms. The van der Waals surface area contributed by atoms with Crippen molar-refractivity contribution in [1.29, 1.82) is 5.26 Å². The van der Waals surface area contributed by atoms with Crippen LogP contribution in [0, 0.1) is 11.3 Å². The molecule has 0 radical (unpaired) electrons. The third kappa shape index (κ3) is 2.42. The number of hydrogen-bond donors (Lipinski definition) is 2. The largest absolute Gasteiger partial charge is 0.398 e. The van der Waals surface area contributed by atoms with E-state index in [1.54, 1.807) is 5.38 Å². The van der Waals surface area contributed by atoms with Crippen molar-refractivity contribution in [1.82, 2.24) is 4.98 Å². The molecule has 0 saturated carbocycles. The number of anilines is 2. The molecule has 6 nitrogen and oxygen atoms in total. The summed E-state index contributed by atoms with van der Waals surface area (Å²) < 4.78 is 26.3. The molecule has 0 atom stereocenters. The van der Waals surface area contributed by atoms with Crippen LogP contribution < -0.4 is 10.5 Å². The van der Waals surface area contributed by atoms with Crippen molar-refractivity contribution in [2.75, 3.05) is 10.5 Å². The maximum Gasteiger partial charge on any atom is 0.265 e. The molecular weight excluding hydrogens is 272 g/mol. The Labute approximate surface area is 108 Å². The van der Waals surface area contributed by atoms with E-state index in [9.17, 15) is 8.42 Å². The van der Waals surface area contributed by atoms with Crippen molar-refractivity contribution in [2.24, 2.45) is 0 Å². The van der Waals surface area contributed by atoms with Crippen molar-refractivity contribution in [3.8, 4) is 6.07 Å². The predicted molar refractivity (Wildman–Crippen MR) is 68.5 cm³/mol. The topological polar surface area (TPSA) is 109 Å². The molecule has 0 fully saturated rings. The summed E-state index contributed by atoms with van der Waals surface area (Å²) in [6.07, 6.45) is 1.49. The van der Waals surface area contributed by atoms with Crippen LogP contribution in [0.2, 0.25) is 0 Å². The highest BCUT2D eigenvalue weighted by Crippen LogP contribution is 2.23. The maximum atomic E-state index is 12.0. The highest BCUT2D eigenvalue weighted by molar-refractivity contribution is 7.93. The summed E-state index contributed by atoms with van der Waals surface area (Å²) in [4.78, 5) is 3.75. The van der Waals surface area contributed by atoms with Gasteiger partial charge in [0, 0.05) is 11.6 Å². The number of rotatable bonds is 3. The first-order valence-corrected chi connectivity index (χ1v) is 7.11. The molecule has 0 spiro atoms. The van der Waals surface area contributed by atoms with Crippen molar-refractivity contribution in [2.45, 2.75) is 4.90 Å². The average molecular weight is 280 g/mol. The van der Waals surface area contributed by atoms with E-state index in [0.29, 0.717) is 5.56 Å². The Balaban J connectivity index is 2.39. The van der Waals surface area contributed by atoms with Crippen molar-refractivity contribution in [3.63, 3.8) is 0 Å². The second-order valence-corrected chi connectivity index (χ2v) is 5.85. The lowest BCUT2D eigenvalue weighted by atomic mass is 10.2. The van der Waals surface area contributed by atoms with E-state index in [1.807, 2.05) is 6.07 Å².